The molecular weight excluding hydrogens is 284 g/mol. The third kappa shape index (κ3) is 3.08. The van der Waals surface area contributed by atoms with E-state index in [1.54, 1.807) is 19.1 Å². The Bertz CT molecular complexity index is 573. The number of anilines is 1. The van der Waals surface area contributed by atoms with Crippen molar-refractivity contribution in [2.24, 2.45) is 0 Å². The molecule has 7 heteroatoms. The first kappa shape index (κ1) is 14.3. The predicted molar refractivity (Wildman–Crippen MR) is 72.6 cm³/mol. The third-order valence-electron chi connectivity index (χ3n) is 2.78. The van der Waals surface area contributed by atoms with Crippen LogP contribution in [0.5, 0.6) is 0 Å². The van der Waals surface area contributed by atoms with Gasteiger partial charge in [-0.05, 0) is 25.1 Å². The number of carbonyl (C=O) groups excluding carboxylic acids is 3. The highest BCUT2D eigenvalue weighted by atomic mass is 35.5. The summed E-state index contributed by atoms with van der Waals surface area (Å²) >= 11 is 5.83. The Hall–Kier alpha value is -2.08. The van der Waals surface area contributed by atoms with E-state index < -0.39 is 23.8 Å². The molecular formula is C13H13ClN2O4. The minimum atomic E-state index is -0.965. The second-order valence-corrected chi connectivity index (χ2v) is 4.65. The van der Waals surface area contributed by atoms with Crippen LogP contribution in [0.4, 0.5) is 5.69 Å². The van der Waals surface area contributed by atoms with Gasteiger partial charge in [-0.3, -0.25) is 14.4 Å². The monoisotopic (exact) mass is 296 g/mol. The highest BCUT2D eigenvalue weighted by Crippen LogP contribution is 2.23. The second-order valence-electron chi connectivity index (χ2n) is 4.21. The standard InChI is InChI=1S/C13H13ClN2O4/c1-2-20-11(17)6-10-13(19)15-9-4-3-7(14)5-8(9)12(18)16-10/h3-5,10H,2,6H2,1H3,(H,15,19)(H,16,18). The summed E-state index contributed by atoms with van der Waals surface area (Å²) in [6.45, 7) is 1.89. The SMILES string of the molecule is CCOC(=O)CC1NC(=O)c2cc(Cl)ccc2NC1=O. The molecule has 0 fully saturated rings. The number of hydrogen-bond donors (Lipinski definition) is 2. The molecule has 1 heterocycles. The molecule has 2 rings (SSSR count). The Kier molecular flexibility index (Phi) is 4.24. The third-order valence-corrected chi connectivity index (χ3v) is 3.02. The number of ether oxygens (including phenoxy) is 1. The number of benzene rings is 1. The Morgan fingerprint density at radius 2 is 2.15 bits per heavy atom. The van der Waals surface area contributed by atoms with E-state index in [9.17, 15) is 14.4 Å². The van der Waals surface area contributed by atoms with Gasteiger partial charge in [-0.15, -0.1) is 0 Å². The van der Waals surface area contributed by atoms with Crippen LogP contribution in [0.1, 0.15) is 23.7 Å². The highest BCUT2D eigenvalue weighted by Gasteiger charge is 2.30. The lowest BCUT2D eigenvalue weighted by Gasteiger charge is -2.13. The molecule has 0 radical (unpaired) electrons. The Morgan fingerprint density at radius 1 is 1.40 bits per heavy atom. The van der Waals surface area contributed by atoms with Crippen LogP contribution in [0.2, 0.25) is 5.02 Å². The van der Waals surface area contributed by atoms with Crippen LogP contribution in [0.3, 0.4) is 0 Å². The fourth-order valence-corrected chi connectivity index (χ4v) is 2.04. The topological polar surface area (TPSA) is 84.5 Å². The van der Waals surface area contributed by atoms with Gasteiger partial charge in [-0.1, -0.05) is 11.6 Å². The van der Waals surface area contributed by atoms with Gasteiger partial charge >= 0.3 is 5.97 Å². The molecule has 20 heavy (non-hydrogen) atoms. The first-order valence-electron chi connectivity index (χ1n) is 6.08. The second kappa shape index (κ2) is 5.92. The van der Waals surface area contributed by atoms with Gasteiger partial charge in [-0.25, -0.2) is 0 Å². The number of hydrogen-bond acceptors (Lipinski definition) is 4. The zero-order valence-electron chi connectivity index (χ0n) is 10.7. The average molecular weight is 297 g/mol. The normalized spacial score (nSPS) is 17.6. The maximum atomic E-state index is 12.0. The van der Waals surface area contributed by atoms with Gasteiger partial charge in [0.25, 0.3) is 5.91 Å². The Labute approximate surface area is 120 Å². The molecule has 1 unspecified atom stereocenters. The molecule has 1 aromatic carbocycles. The molecule has 1 aliphatic heterocycles. The van der Waals surface area contributed by atoms with Crippen molar-refractivity contribution in [1.82, 2.24) is 5.32 Å². The molecule has 0 aromatic heterocycles. The fourth-order valence-electron chi connectivity index (χ4n) is 1.87. The fraction of sp³-hybridized carbons (Fsp3) is 0.308. The smallest absolute Gasteiger partial charge is 0.308 e. The van der Waals surface area contributed by atoms with Crippen LogP contribution in [0.25, 0.3) is 0 Å². The van der Waals surface area contributed by atoms with Crippen molar-refractivity contribution in [1.29, 1.82) is 0 Å². The number of carbonyl (C=O) groups is 3. The van der Waals surface area contributed by atoms with Crippen molar-refractivity contribution >= 4 is 35.1 Å². The molecule has 1 aliphatic rings. The molecule has 6 nitrogen and oxygen atoms in total. The molecule has 0 aliphatic carbocycles. The summed E-state index contributed by atoms with van der Waals surface area (Å²) in [5, 5.41) is 5.47. The summed E-state index contributed by atoms with van der Waals surface area (Å²) in [5.41, 5.74) is 0.625. The van der Waals surface area contributed by atoms with Gasteiger partial charge in [0.1, 0.15) is 6.04 Å². The van der Waals surface area contributed by atoms with Gasteiger partial charge < -0.3 is 15.4 Å². The van der Waals surface area contributed by atoms with E-state index >= 15 is 0 Å². The van der Waals surface area contributed by atoms with Gasteiger partial charge in [0.2, 0.25) is 5.91 Å². The van der Waals surface area contributed by atoms with E-state index in [2.05, 4.69) is 10.6 Å². The zero-order chi connectivity index (χ0) is 14.7. The predicted octanol–water partition coefficient (Wildman–Crippen LogP) is 1.34. The van der Waals surface area contributed by atoms with Gasteiger partial charge in [-0.2, -0.15) is 0 Å². The summed E-state index contributed by atoms with van der Waals surface area (Å²) < 4.78 is 4.77. The Morgan fingerprint density at radius 3 is 2.85 bits per heavy atom. The van der Waals surface area contributed by atoms with Crippen LogP contribution in [-0.4, -0.2) is 30.4 Å². The minimum Gasteiger partial charge on any atom is -0.466 e. The molecule has 0 bridgehead atoms. The summed E-state index contributed by atoms with van der Waals surface area (Å²) in [6.07, 6.45) is -0.215. The highest BCUT2D eigenvalue weighted by molar-refractivity contribution is 6.31. The van der Waals surface area contributed by atoms with Crippen molar-refractivity contribution in [2.45, 2.75) is 19.4 Å². The molecule has 1 atom stereocenters. The van der Waals surface area contributed by atoms with Crippen LogP contribution in [0.15, 0.2) is 18.2 Å². The van der Waals surface area contributed by atoms with Crippen molar-refractivity contribution in [2.75, 3.05) is 11.9 Å². The minimum absolute atomic E-state index is 0.215. The molecule has 0 saturated carbocycles. The summed E-state index contributed by atoms with van der Waals surface area (Å²) in [4.78, 5) is 35.4. The summed E-state index contributed by atoms with van der Waals surface area (Å²) in [7, 11) is 0. The van der Waals surface area contributed by atoms with Crippen molar-refractivity contribution in [3.8, 4) is 0 Å². The lowest BCUT2D eigenvalue weighted by molar-refractivity contribution is -0.144. The van der Waals surface area contributed by atoms with E-state index in [-0.39, 0.29) is 18.6 Å². The number of rotatable bonds is 3. The quantitative estimate of drug-likeness (QED) is 0.825. The first-order chi connectivity index (χ1) is 9.51. The number of nitrogens with one attached hydrogen (secondary N) is 2. The summed E-state index contributed by atoms with van der Waals surface area (Å²) in [5.74, 6) is -1.47. The van der Waals surface area contributed by atoms with Crippen LogP contribution in [-0.2, 0) is 14.3 Å². The molecule has 106 valence electrons. The van der Waals surface area contributed by atoms with Crippen LogP contribution in [0, 0.1) is 0 Å². The van der Waals surface area contributed by atoms with E-state index in [0.717, 1.165) is 0 Å². The van der Waals surface area contributed by atoms with E-state index in [0.29, 0.717) is 10.7 Å². The largest absolute Gasteiger partial charge is 0.466 e. The van der Waals surface area contributed by atoms with Gasteiger partial charge in [0, 0.05) is 5.02 Å². The summed E-state index contributed by atoms with van der Waals surface area (Å²) in [6, 6.07) is 3.61. The molecule has 2 amide bonds. The van der Waals surface area contributed by atoms with E-state index in [1.165, 1.54) is 6.07 Å². The van der Waals surface area contributed by atoms with E-state index in [1.807, 2.05) is 0 Å². The maximum absolute atomic E-state index is 12.0. The van der Waals surface area contributed by atoms with E-state index in [4.69, 9.17) is 16.3 Å². The lowest BCUT2D eigenvalue weighted by atomic mass is 10.1. The number of amides is 2. The molecule has 0 saturated heterocycles. The van der Waals surface area contributed by atoms with Crippen LogP contribution < -0.4 is 10.6 Å². The molecule has 0 spiro atoms. The van der Waals surface area contributed by atoms with Crippen molar-refractivity contribution in [3.05, 3.63) is 28.8 Å². The lowest BCUT2D eigenvalue weighted by Crippen LogP contribution is -2.42. The first-order valence-corrected chi connectivity index (χ1v) is 6.46. The van der Waals surface area contributed by atoms with Crippen LogP contribution >= 0.6 is 11.6 Å². The number of fused-ring (bicyclic) bond motifs is 1. The van der Waals surface area contributed by atoms with Gasteiger partial charge in [0.05, 0.1) is 24.3 Å². The van der Waals surface area contributed by atoms with Gasteiger partial charge in [0.15, 0.2) is 0 Å². The molecule has 1 aromatic rings. The van der Waals surface area contributed by atoms with Crippen molar-refractivity contribution in [3.63, 3.8) is 0 Å². The maximum Gasteiger partial charge on any atom is 0.308 e. The Balaban J connectivity index is 2.21. The number of halogens is 1. The van der Waals surface area contributed by atoms with Crippen molar-refractivity contribution < 1.29 is 19.1 Å². The average Bonchev–Trinajstić information content (AvgIpc) is 2.49. The number of esters is 1. The molecule has 2 N–H and O–H groups in total. The zero-order valence-corrected chi connectivity index (χ0v) is 11.5.